The van der Waals surface area contributed by atoms with Crippen LogP contribution in [0.15, 0.2) is 18.2 Å². The van der Waals surface area contributed by atoms with E-state index in [2.05, 4.69) is 24.0 Å². The van der Waals surface area contributed by atoms with Crippen LogP contribution in [0.3, 0.4) is 0 Å². The summed E-state index contributed by atoms with van der Waals surface area (Å²) in [5, 5.41) is 8.06. The number of rotatable bonds is 5. The highest BCUT2D eigenvalue weighted by Gasteiger charge is 2.15. The van der Waals surface area contributed by atoms with Crippen molar-refractivity contribution in [3.05, 3.63) is 47.0 Å². The third-order valence-corrected chi connectivity index (χ3v) is 3.01. The minimum atomic E-state index is -0.850. The van der Waals surface area contributed by atoms with Gasteiger partial charge in [-0.05, 0) is 17.5 Å². The molecule has 0 amide bonds. The van der Waals surface area contributed by atoms with E-state index in [1.807, 2.05) is 4.57 Å². The Balaban J connectivity index is 2.33. The lowest BCUT2D eigenvalue weighted by Crippen LogP contribution is -2.15. The predicted molar refractivity (Wildman–Crippen MR) is 71.9 cm³/mol. The molecule has 0 unspecified atom stereocenters. The fraction of sp³-hybridized carbons (Fsp3) is 0.429. The first-order valence-corrected chi connectivity index (χ1v) is 6.56. The van der Waals surface area contributed by atoms with Crippen molar-refractivity contribution in [2.75, 3.05) is 0 Å². The van der Waals surface area contributed by atoms with E-state index >= 15 is 0 Å². The first kappa shape index (κ1) is 14.6. The zero-order valence-electron chi connectivity index (χ0n) is 11.6. The maximum atomic E-state index is 13.7. The van der Waals surface area contributed by atoms with Crippen molar-refractivity contribution in [2.45, 2.75) is 33.4 Å². The van der Waals surface area contributed by atoms with Crippen LogP contribution in [0, 0.1) is 17.6 Å². The van der Waals surface area contributed by atoms with Gasteiger partial charge in [0.25, 0.3) is 0 Å². The van der Waals surface area contributed by atoms with E-state index in [1.54, 1.807) is 6.07 Å². The van der Waals surface area contributed by atoms with E-state index < -0.39 is 11.6 Å². The van der Waals surface area contributed by atoms with Crippen LogP contribution < -0.4 is 5.73 Å². The average molecular weight is 280 g/mol. The molecule has 2 rings (SSSR count). The van der Waals surface area contributed by atoms with Crippen molar-refractivity contribution in [1.29, 1.82) is 0 Å². The number of benzene rings is 1. The van der Waals surface area contributed by atoms with Crippen LogP contribution in [-0.2, 0) is 19.5 Å². The van der Waals surface area contributed by atoms with Crippen molar-refractivity contribution >= 4 is 0 Å². The molecule has 108 valence electrons. The quantitative estimate of drug-likeness (QED) is 0.914. The summed E-state index contributed by atoms with van der Waals surface area (Å²) in [6.45, 7) is 5.09. The molecule has 0 aliphatic carbocycles. The summed E-state index contributed by atoms with van der Waals surface area (Å²) in [6.07, 6.45) is 0.198. The van der Waals surface area contributed by atoms with Crippen LogP contribution in [0.1, 0.15) is 31.1 Å². The lowest BCUT2D eigenvalue weighted by atomic mass is 10.1. The Morgan fingerprint density at radius 3 is 2.55 bits per heavy atom. The molecule has 0 saturated carbocycles. The van der Waals surface area contributed by atoms with Crippen LogP contribution >= 0.6 is 0 Å². The van der Waals surface area contributed by atoms with E-state index in [1.165, 1.54) is 6.07 Å². The zero-order chi connectivity index (χ0) is 14.7. The molecule has 0 aliphatic rings. The summed E-state index contributed by atoms with van der Waals surface area (Å²) in [5.41, 5.74) is 5.90. The van der Waals surface area contributed by atoms with Crippen molar-refractivity contribution in [3.8, 4) is 0 Å². The van der Waals surface area contributed by atoms with Gasteiger partial charge in [0.2, 0.25) is 0 Å². The van der Waals surface area contributed by atoms with Crippen LogP contribution in [0.4, 0.5) is 8.78 Å². The Morgan fingerprint density at radius 2 is 1.90 bits per heavy atom. The monoisotopic (exact) mass is 280 g/mol. The highest BCUT2D eigenvalue weighted by Crippen LogP contribution is 2.16. The molecule has 1 heterocycles. The molecule has 0 spiro atoms. The fourth-order valence-electron chi connectivity index (χ4n) is 2.09. The van der Waals surface area contributed by atoms with Crippen LogP contribution in [0.2, 0.25) is 0 Å². The number of hydrogen-bond acceptors (Lipinski definition) is 3. The molecule has 0 bridgehead atoms. The van der Waals surface area contributed by atoms with E-state index in [0.29, 0.717) is 24.1 Å². The van der Waals surface area contributed by atoms with Gasteiger partial charge in [0.15, 0.2) is 11.6 Å². The number of halogens is 2. The van der Waals surface area contributed by atoms with Gasteiger partial charge in [-0.15, -0.1) is 10.2 Å². The first-order chi connectivity index (χ1) is 9.52. The summed E-state index contributed by atoms with van der Waals surface area (Å²) in [7, 11) is 0. The van der Waals surface area contributed by atoms with Gasteiger partial charge in [-0.1, -0.05) is 26.0 Å². The van der Waals surface area contributed by atoms with Gasteiger partial charge in [0.05, 0.1) is 6.54 Å². The van der Waals surface area contributed by atoms with Gasteiger partial charge in [0, 0.05) is 13.0 Å². The minimum absolute atomic E-state index is 0.198. The third-order valence-electron chi connectivity index (χ3n) is 3.01. The van der Waals surface area contributed by atoms with Gasteiger partial charge in [-0.3, -0.25) is 0 Å². The standard InChI is InChI=1S/C14H18F2N4/c1-9(2)8-20-12(18-19-13(20)7-17)6-10-4-3-5-11(15)14(10)16/h3-5,9H,6-8,17H2,1-2H3. The molecule has 2 aromatic rings. The Labute approximate surface area is 116 Å². The highest BCUT2D eigenvalue weighted by molar-refractivity contribution is 5.22. The van der Waals surface area contributed by atoms with Gasteiger partial charge in [-0.2, -0.15) is 0 Å². The second-order valence-corrected chi connectivity index (χ2v) is 5.13. The molecule has 20 heavy (non-hydrogen) atoms. The number of nitrogens with two attached hydrogens (primary N) is 1. The summed E-state index contributed by atoms with van der Waals surface area (Å²) < 4.78 is 28.8. The molecule has 0 saturated heterocycles. The molecule has 2 N–H and O–H groups in total. The fourth-order valence-corrected chi connectivity index (χ4v) is 2.09. The maximum Gasteiger partial charge on any atom is 0.162 e. The van der Waals surface area contributed by atoms with Crippen molar-refractivity contribution in [1.82, 2.24) is 14.8 Å². The third kappa shape index (κ3) is 3.01. The largest absolute Gasteiger partial charge is 0.324 e. The number of hydrogen-bond donors (Lipinski definition) is 1. The summed E-state index contributed by atoms with van der Waals surface area (Å²) in [5.74, 6) is -0.0427. The second-order valence-electron chi connectivity index (χ2n) is 5.13. The van der Waals surface area contributed by atoms with Gasteiger partial charge in [0.1, 0.15) is 11.6 Å². The summed E-state index contributed by atoms with van der Waals surface area (Å²) in [6, 6.07) is 4.14. The van der Waals surface area contributed by atoms with E-state index in [4.69, 9.17) is 5.73 Å². The van der Waals surface area contributed by atoms with Crippen LogP contribution in [-0.4, -0.2) is 14.8 Å². The zero-order valence-corrected chi connectivity index (χ0v) is 11.6. The predicted octanol–water partition coefficient (Wildman–Crippen LogP) is 2.26. The van der Waals surface area contributed by atoms with Crippen molar-refractivity contribution in [2.24, 2.45) is 11.7 Å². The Kier molecular flexibility index (Phi) is 4.44. The lowest BCUT2D eigenvalue weighted by Gasteiger charge is -2.12. The number of aromatic nitrogens is 3. The SMILES string of the molecule is CC(C)Cn1c(CN)nnc1Cc1cccc(F)c1F. The lowest BCUT2D eigenvalue weighted by molar-refractivity contribution is 0.485. The Morgan fingerprint density at radius 1 is 1.20 bits per heavy atom. The molecule has 1 aromatic heterocycles. The van der Waals surface area contributed by atoms with E-state index in [0.717, 1.165) is 6.07 Å². The minimum Gasteiger partial charge on any atom is -0.324 e. The molecule has 4 nitrogen and oxygen atoms in total. The molecule has 0 atom stereocenters. The van der Waals surface area contributed by atoms with E-state index in [-0.39, 0.29) is 18.5 Å². The molecular weight excluding hydrogens is 262 g/mol. The van der Waals surface area contributed by atoms with Gasteiger partial charge < -0.3 is 10.3 Å². The Hall–Kier alpha value is -1.82. The molecule has 6 heteroatoms. The smallest absolute Gasteiger partial charge is 0.162 e. The molecule has 0 radical (unpaired) electrons. The van der Waals surface area contributed by atoms with Crippen molar-refractivity contribution in [3.63, 3.8) is 0 Å². The van der Waals surface area contributed by atoms with Crippen LogP contribution in [0.5, 0.6) is 0 Å². The van der Waals surface area contributed by atoms with E-state index in [9.17, 15) is 8.78 Å². The molecule has 0 aliphatic heterocycles. The maximum absolute atomic E-state index is 13.7. The van der Waals surface area contributed by atoms with Gasteiger partial charge >= 0.3 is 0 Å². The highest BCUT2D eigenvalue weighted by atomic mass is 19.2. The molecule has 1 aromatic carbocycles. The van der Waals surface area contributed by atoms with Crippen LogP contribution in [0.25, 0.3) is 0 Å². The normalized spacial score (nSPS) is 11.3. The van der Waals surface area contributed by atoms with Gasteiger partial charge in [-0.25, -0.2) is 8.78 Å². The Bertz CT molecular complexity index is 593. The summed E-state index contributed by atoms with van der Waals surface area (Å²) >= 11 is 0. The summed E-state index contributed by atoms with van der Waals surface area (Å²) in [4.78, 5) is 0. The number of nitrogens with zero attached hydrogens (tertiary/aromatic N) is 3. The molecule has 0 fully saturated rings. The average Bonchev–Trinajstić information content (AvgIpc) is 2.77. The molecular formula is C14H18F2N4. The first-order valence-electron chi connectivity index (χ1n) is 6.56. The topological polar surface area (TPSA) is 56.7 Å². The second kappa shape index (κ2) is 6.09. The van der Waals surface area contributed by atoms with Crippen molar-refractivity contribution < 1.29 is 8.78 Å².